The minimum Gasteiger partial charge on any atom is -0.337 e. The Balaban J connectivity index is 4.38. The summed E-state index contributed by atoms with van der Waals surface area (Å²) in [5.41, 5.74) is -5.59. The van der Waals surface area contributed by atoms with E-state index in [0.717, 1.165) is 0 Å². The summed E-state index contributed by atoms with van der Waals surface area (Å²) in [4.78, 5) is 14.1. The van der Waals surface area contributed by atoms with Gasteiger partial charge in [0, 0.05) is 43.4 Å². The van der Waals surface area contributed by atoms with Gasteiger partial charge in [0.15, 0.2) is 0 Å². The van der Waals surface area contributed by atoms with Gasteiger partial charge in [0.1, 0.15) is 0 Å². The van der Waals surface area contributed by atoms with E-state index in [1.807, 2.05) is 32.6 Å². The number of rotatable bonds is 9. The van der Waals surface area contributed by atoms with Crippen molar-refractivity contribution in [3.63, 3.8) is 0 Å². The van der Waals surface area contributed by atoms with E-state index in [0.29, 0.717) is 0 Å². The lowest BCUT2D eigenvalue weighted by molar-refractivity contribution is -0.154. The van der Waals surface area contributed by atoms with Crippen LogP contribution in [-0.2, 0) is 14.8 Å². The van der Waals surface area contributed by atoms with Crippen molar-refractivity contribution < 1.29 is 26.3 Å². The summed E-state index contributed by atoms with van der Waals surface area (Å²) in [6.07, 6.45) is 0. The highest BCUT2D eigenvalue weighted by atomic mass is 32.2. The van der Waals surface area contributed by atoms with Crippen LogP contribution in [0.5, 0.6) is 0 Å². The van der Waals surface area contributed by atoms with Crippen molar-refractivity contribution in [1.29, 1.82) is 0 Å². The minimum atomic E-state index is -5.93. The van der Waals surface area contributed by atoms with Crippen LogP contribution in [0.3, 0.4) is 0 Å². The Morgan fingerprint density at radius 2 is 1.03 bits per heavy atom. The van der Waals surface area contributed by atoms with Crippen LogP contribution < -0.4 is 0 Å². The molecule has 1 heterocycles. The molecule has 0 aliphatic carbocycles. The second-order valence-electron chi connectivity index (χ2n) is 10.6. The zero-order chi connectivity index (χ0) is 28.5. The first-order valence-corrected chi connectivity index (χ1v) is 13.8. The summed E-state index contributed by atoms with van der Waals surface area (Å²) >= 11 is 0. The Kier molecular flexibility index (Phi) is 10.3. The summed E-state index contributed by atoms with van der Waals surface area (Å²) in [5.74, 6) is -2.57. The molecule has 0 amide bonds. The van der Waals surface area contributed by atoms with Crippen LogP contribution in [0, 0.1) is 0 Å². The standard InChI is InChI=1S/C23H45F3N6O3S/c1-14(2)29(15(3)4)20-27-23(35-13,31(18(9)10)19(11)12)28-21(30(16(5)6)17(7)8)32(20)36(33,34)22(24,25)26/h14-19H,1-13H3. The molecule has 1 rings (SSSR count). The molecule has 1 aliphatic heterocycles. The zero-order valence-corrected chi connectivity index (χ0v) is 24.7. The third-order valence-electron chi connectivity index (χ3n) is 5.80. The SMILES string of the molecule is COC1(N(C(C)C)C(C)C)N=C(N(C(C)C)C(C)C)N(S(=O)(=O)C(F)(F)F)C(N(C(C)C)C(C)C)=N1. The van der Waals surface area contributed by atoms with Gasteiger partial charge in [0.25, 0.3) is 0 Å². The zero-order valence-electron chi connectivity index (χ0n) is 23.9. The van der Waals surface area contributed by atoms with E-state index < -0.39 is 21.5 Å². The Morgan fingerprint density at radius 1 is 0.722 bits per heavy atom. The fourth-order valence-electron chi connectivity index (χ4n) is 4.81. The van der Waals surface area contributed by atoms with Crippen molar-refractivity contribution in [3.05, 3.63) is 0 Å². The second-order valence-corrected chi connectivity index (χ2v) is 12.4. The lowest BCUT2D eigenvalue weighted by atomic mass is 10.2. The highest BCUT2D eigenvalue weighted by Gasteiger charge is 2.58. The van der Waals surface area contributed by atoms with Gasteiger partial charge >= 0.3 is 21.5 Å². The van der Waals surface area contributed by atoms with Crippen molar-refractivity contribution in [2.75, 3.05) is 7.11 Å². The Bertz CT molecular complexity index is 853. The Labute approximate surface area is 215 Å². The molecule has 13 heteroatoms. The monoisotopic (exact) mass is 542 g/mol. The maximum Gasteiger partial charge on any atom is 0.517 e. The predicted octanol–water partition coefficient (Wildman–Crippen LogP) is 4.48. The molecule has 0 aromatic heterocycles. The van der Waals surface area contributed by atoms with Gasteiger partial charge in [-0.25, -0.2) is 4.90 Å². The number of methoxy groups -OCH3 is 1. The van der Waals surface area contributed by atoms with Crippen LogP contribution in [0.25, 0.3) is 0 Å². The largest absolute Gasteiger partial charge is 0.517 e. The topological polar surface area (TPSA) is 81.0 Å². The summed E-state index contributed by atoms with van der Waals surface area (Å²) in [6.45, 7) is 21.8. The summed E-state index contributed by atoms with van der Waals surface area (Å²) in [7, 11) is -4.56. The maximum absolute atomic E-state index is 14.2. The van der Waals surface area contributed by atoms with Crippen molar-refractivity contribution in [1.82, 2.24) is 19.0 Å². The summed E-state index contributed by atoms with van der Waals surface area (Å²) < 4.78 is 75.0. The van der Waals surface area contributed by atoms with Crippen LogP contribution in [0.2, 0.25) is 0 Å². The van der Waals surface area contributed by atoms with E-state index in [1.54, 1.807) is 65.2 Å². The molecule has 0 spiro atoms. The van der Waals surface area contributed by atoms with E-state index in [4.69, 9.17) is 4.74 Å². The highest BCUT2D eigenvalue weighted by molar-refractivity contribution is 7.91. The lowest BCUT2D eigenvalue weighted by Gasteiger charge is -2.50. The second kappa shape index (κ2) is 11.4. The molecule has 0 bridgehead atoms. The molecule has 0 saturated carbocycles. The van der Waals surface area contributed by atoms with E-state index in [1.165, 1.54) is 7.11 Å². The van der Waals surface area contributed by atoms with E-state index in [2.05, 4.69) is 9.98 Å². The van der Waals surface area contributed by atoms with Crippen LogP contribution in [-0.4, -0.2) is 94.2 Å². The molecule has 0 saturated heterocycles. The number of nitrogens with zero attached hydrogens (tertiary/aromatic N) is 6. The first kappa shape index (κ1) is 32.4. The highest BCUT2D eigenvalue weighted by Crippen LogP contribution is 2.37. The van der Waals surface area contributed by atoms with Gasteiger partial charge in [0.2, 0.25) is 11.9 Å². The number of halogens is 3. The number of ether oxygens (including phenoxy) is 1. The molecule has 9 nitrogen and oxygen atoms in total. The molecule has 0 atom stereocenters. The van der Waals surface area contributed by atoms with Gasteiger partial charge in [-0.05, 0) is 83.1 Å². The van der Waals surface area contributed by atoms with Gasteiger partial charge in [0.05, 0.1) is 0 Å². The van der Waals surface area contributed by atoms with Crippen LogP contribution in [0.4, 0.5) is 13.2 Å². The molecule has 0 aromatic carbocycles. The molecule has 0 radical (unpaired) electrons. The van der Waals surface area contributed by atoms with Gasteiger partial charge in [-0.2, -0.15) is 35.9 Å². The van der Waals surface area contributed by atoms with Crippen LogP contribution >= 0.6 is 0 Å². The molecule has 0 fully saturated rings. The fraction of sp³-hybridized carbons (Fsp3) is 0.913. The molecular formula is C23H45F3N6O3S. The molecule has 1 aliphatic rings. The quantitative estimate of drug-likeness (QED) is 0.400. The third kappa shape index (κ3) is 6.09. The van der Waals surface area contributed by atoms with Gasteiger partial charge < -0.3 is 14.5 Å². The summed E-state index contributed by atoms with van der Waals surface area (Å²) in [6, 6.07) is -1.93. The van der Waals surface area contributed by atoms with Crippen molar-refractivity contribution in [2.45, 2.75) is 131 Å². The third-order valence-corrected chi connectivity index (χ3v) is 7.19. The number of sulfonamides is 1. The summed E-state index contributed by atoms with van der Waals surface area (Å²) in [5, 5.41) is 0. The normalized spacial score (nSPS) is 17.2. The van der Waals surface area contributed by atoms with E-state index >= 15 is 0 Å². The molecule has 0 aromatic rings. The fourth-order valence-corrected chi connectivity index (χ4v) is 5.71. The van der Waals surface area contributed by atoms with Gasteiger partial charge in [-0.1, -0.05) is 0 Å². The number of alkyl halides is 3. The number of hydrogen-bond donors (Lipinski definition) is 0. The first-order valence-electron chi connectivity index (χ1n) is 12.4. The smallest absolute Gasteiger partial charge is 0.337 e. The number of aliphatic imine (C=N–C) groups is 2. The van der Waals surface area contributed by atoms with Crippen molar-refractivity contribution in [3.8, 4) is 0 Å². The Hall–Kier alpha value is -1.60. The molecular weight excluding hydrogens is 497 g/mol. The van der Waals surface area contributed by atoms with Gasteiger partial charge in [-0.15, -0.1) is 0 Å². The van der Waals surface area contributed by atoms with E-state index in [9.17, 15) is 21.6 Å². The molecule has 0 unspecified atom stereocenters. The lowest BCUT2D eigenvalue weighted by Crippen LogP contribution is -2.67. The van der Waals surface area contributed by atoms with Crippen molar-refractivity contribution in [2.24, 2.45) is 9.98 Å². The molecule has 212 valence electrons. The minimum absolute atomic E-state index is 0.191. The van der Waals surface area contributed by atoms with Crippen LogP contribution in [0.15, 0.2) is 9.98 Å². The molecule has 36 heavy (non-hydrogen) atoms. The number of guanidine groups is 2. The average Bonchev–Trinajstić information content (AvgIpc) is 2.64. The average molecular weight is 543 g/mol. The first-order chi connectivity index (χ1) is 16.2. The van der Waals surface area contributed by atoms with Crippen molar-refractivity contribution >= 4 is 21.9 Å². The van der Waals surface area contributed by atoms with Gasteiger partial charge in [-0.3, -0.25) is 0 Å². The van der Waals surface area contributed by atoms with Crippen LogP contribution in [0.1, 0.15) is 83.1 Å². The molecule has 0 N–H and O–H groups in total. The van der Waals surface area contributed by atoms with E-state index in [-0.39, 0.29) is 52.5 Å². The predicted molar refractivity (Wildman–Crippen MR) is 138 cm³/mol. The number of hydrogen-bond acceptors (Lipinski definition) is 8. The Morgan fingerprint density at radius 3 is 1.22 bits per heavy atom. The maximum atomic E-state index is 14.2.